The summed E-state index contributed by atoms with van der Waals surface area (Å²) in [6, 6.07) is 15.6. The molecule has 2 aromatic heterocycles. The number of pyridine rings is 1. The van der Waals surface area contributed by atoms with Gasteiger partial charge in [-0.15, -0.1) is 0 Å². The Balaban J connectivity index is 1.39. The first-order valence-electron chi connectivity index (χ1n) is 10.7. The highest BCUT2D eigenvalue weighted by molar-refractivity contribution is 5.93. The molecule has 0 radical (unpaired) electrons. The largest absolute Gasteiger partial charge is 0.332 e. The van der Waals surface area contributed by atoms with Crippen molar-refractivity contribution in [3.05, 3.63) is 71.7 Å². The second-order valence-electron chi connectivity index (χ2n) is 8.92. The predicted molar refractivity (Wildman–Crippen MR) is 112 cm³/mol. The van der Waals surface area contributed by atoms with Crippen molar-refractivity contribution in [3.63, 3.8) is 0 Å². The lowest BCUT2D eigenvalue weighted by molar-refractivity contribution is -0.00356. The van der Waals surface area contributed by atoms with Crippen LogP contribution in [-0.2, 0) is 0 Å². The molecule has 0 N–H and O–H groups in total. The van der Waals surface area contributed by atoms with E-state index in [1.54, 1.807) is 0 Å². The molecule has 4 aliphatic rings. The minimum absolute atomic E-state index is 0.0899. The Morgan fingerprint density at radius 2 is 1.83 bits per heavy atom. The standard InChI is InChI=1S/C24H26N4O/c1-16-5-7-17(8-6-16)19-14-28(22-18-9-12-26(13-10-18)23(19)22)24(29)20-15-27-11-3-2-4-21(27)25-20/h2-8,11,15,18-19,22-23H,9-10,12-14H2,1H3/t19-,22+,23+/m0/s1. The van der Waals surface area contributed by atoms with Crippen molar-refractivity contribution in [2.45, 2.75) is 37.8 Å². The molecule has 0 unspecified atom stereocenters. The van der Waals surface area contributed by atoms with Gasteiger partial charge in [-0.05, 0) is 56.5 Å². The lowest BCUT2D eigenvalue weighted by atomic mass is 9.75. The first kappa shape index (κ1) is 17.2. The fraction of sp³-hybridized carbons (Fsp3) is 0.417. The molecule has 3 atom stereocenters. The number of amides is 1. The number of fused-ring (bicyclic) bond motifs is 3. The predicted octanol–water partition coefficient (Wildman–Crippen LogP) is 3.35. The number of hydrogen-bond acceptors (Lipinski definition) is 3. The molecule has 148 valence electrons. The number of carbonyl (C=O) groups excluding carboxylic acids is 1. The molecule has 4 saturated heterocycles. The maximum atomic E-state index is 13.6. The summed E-state index contributed by atoms with van der Waals surface area (Å²) in [5, 5.41) is 0. The number of imidazole rings is 1. The van der Waals surface area contributed by atoms with Gasteiger partial charge in [0.05, 0.1) is 6.04 Å². The SMILES string of the molecule is Cc1ccc([C@@H]2CN(C(=O)c3cn4ccccc4n3)[C@@H]3C4CCN(CC4)[C@@H]32)cc1. The molecule has 5 nitrogen and oxygen atoms in total. The smallest absolute Gasteiger partial charge is 0.274 e. The van der Waals surface area contributed by atoms with E-state index in [0.29, 0.717) is 29.6 Å². The maximum Gasteiger partial charge on any atom is 0.274 e. The van der Waals surface area contributed by atoms with E-state index in [-0.39, 0.29) is 5.91 Å². The van der Waals surface area contributed by atoms with Gasteiger partial charge >= 0.3 is 0 Å². The van der Waals surface area contributed by atoms with Gasteiger partial charge in [0.15, 0.2) is 0 Å². The third-order valence-corrected chi connectivity index (χ3v) is 7.34. The van der Waals surface area contributed by atoms with Crippen molar-refractivity contribution in [2.24, 2.45) is 5.92 Å². The number of rotatable bonds is 2. The number of carbonyl (C=O) groups is 1. The summed E-state index contributed by atoms with van der Waals surface area (Å²) in [6.07, 6.45) is 6.25. The zero-order chi connectivity index (χ0) is 19.5. The molecule has 4 aliphatic heterocycles. The molecular formula is C24H26N4O. The summed E-state index contributed by atoms with van der Waals surface area (Å²) in [7, 11) is 0. The Bertz CT molecular complexity index is 1030. The van der Waals surface area contributed by atoms with E-state index in [1.165, 1.54) is 37.1 Å². The van der Waals surface area contributed by atoms with Crippen LogP contribution < -0.4 is 0 Å². The van der Waals surface area contributed by atoms with Gasteiger partial charge in [0, 0.05) is 30.9 Å². The highest BCUT2D eigenvalue weighted by atomic mass is 16.2. The van der Waals surface area contributed by atoms with Crippen molar-refractivity contribution in [1.82, 2.24) is 19.2 Å². The van der Waals surface area contributed by atoms with Gasteiger partial charge in [0.2, 0.25) is 0 Å². The van der Waals surface area contributed by atoms with Gasteiger partial charge in [0.25, 0.3) is 5.91 Å². The van der Waals surface area contributed by atoms with E-state index in [1.807, 2.05) is 35.0 Å². The lowest BCUT2D eigenvalue weighted by Crippen LogP contribution is -2.60. The van der Waals surface area contributed by atoms with Crippen molar-refractivity contribution >= 4 is 11.6 Å². The van der Waals surface area contributed by atoms with Crippen molar-refractivity contribution in [2.75, 3.05) is 19.6 Å². The molecule has 5 heteroatoms. The lowest BCUT2D eigenvalue weighted by Gasteiger charge is -2.51. The second-order valence-corrected chi connectivity index (χ2v) is 8.92. The summed E-state index contributed by atoms with van der Waals surface area (Å²) < 4.78 is 1.94. The third kappa shape index (κ3) is 2.64. The highest BCUT2D eigenvalue weighted by Gasteiger charge is 2.54. The number of aromatic nitrogens is 2. The van der Waals surface area contributed by atoms with Gasteiger partial charge in [0.1, 0.15) is 11.3 Å². The number of hydrogen-bond donors (Lipinski definition) is 0. The molecule has 0 saturated carbocycles. The molecule has 2 bridgehead atoms. The normalized spacial score (nSPS) is 30.7. The fourth-order valence-electron chi connectivity index (χ4n) is 5.95. The number of aryl methyl sites for hydroxylation is 1. The van der Waals surface area contributed by atoms with E-state index >= 15 is 0 Å². The Labute approximate surface area is 171 Å². The third-order valence-electron chi connectivity index (χ3n) is 7.34. The van der Waals surface area contributed by atoms with Gasteiger partial charge in [-0.1, -0.05) is 35.9 Å². The quantitative estimate of drug-likeness (QED) is 0.678. The van der Waals surface area contributed by atoms with Crippen LogP contribution in [0.15, 0.2) is 54.9 Å². The first-order chi connectivity index (χ1) is 14.2. The molecule has 1 amide bonds. The van der Waals surface area contributed by atoms with Crippen molar-refractivity contribution in [3.8, 4) is 0 Å². The molecule has 7 rings (SSSR count). The highest BCUT2D eigenvalue weighted by Crippen LogP contribution is 2.46. The van der Waals surface area contributed by atoms with Crippen LogP contribution in [-0.4, -0.2) is 56.8 Å². The zero-order valence-electron chi connectivity index (χ0n) is 16.7. The Morgan fingerprint density at radius 1 is 1.03 bits per heavy atom. The fourth-order valence-corrected chi connectivity index (χ4v) is 5.95. The average Bonchev–Trinajstić information content (AvgIpc) is 3.38. The van der Waals surface area contributed by atoms with E-state index in [4.69, 9.17) is 0 Å². The first-order valence-corrected chi connectivity index (χ1v) is 10.7. The molecule has 1 aromatic carbocycles. The number of likely N-dealkylation sites (tertiary alicyclic amines) is 1. The van der Waals surface area contributed by atoms with Crippen LogP contribution in [0, 0.1) is 12.8 Å². The Morgan fingerprint density at radius 3 is 2.59 bits per heavy atom. The summed E-state index contributed by atoms with van der Waals surface area (Å²) >= 11 is 0. The van der Waals surface area contributed by atoms with Crippen LogP contribution in [0.3, 0.4) is 0 Å². The van der Waals surface area contributed by atoms with Crippen molar-refractivity contribution in [1.29, 1.82) is 0 Å². The molecule has 0 spiro atoms. The van der Waals surface area contributed by atoms with E-state index in [9.17, 15) is 4.79 Å². The van der Waals surface area contributed by atoms with Crippen molar-refractivity contribution < 1.29 is 4.79 Å². The zero-order valence-corrected chi connectivity index (χ0v) is 16.7. The van der Waals surface area contributed by atoms with Gasteiger partial charge < -0.3 is 9.30 Å². The maximum absolute atomic E-state index is 13.6. The van der Waals surface area contributed by atoms with E-state index in [2.05, 4.69) is 46.0 Å². The molecule has 3 aromatic rings. The van der Waals surface area contributed by atoms with E-state index < -0.39 is 0 Å². The summed E-state index contributed by atoms with van der Waals surface area (Å²) in [5.74, 6) is 1.08. The van der Waals surface area contributed by atoms with Crippen LogP contribution in [0.4, 0.5) is 0 Å². The van der Waals surface area contributed by atoms with Crippen LogP contribution in [0.5, 0.6) is 0 Å². The summed E-state index contributed by atoms with van der Waals surface area (Å²) in [4.78, 5) is 23.0. The Hall–Kier alpha value is -2.66. The van der Waals surface area contributed by atoms with Gasteiger partial charge in [-0.2, -0.15) is 0 Å². The van der Waals surface area contributed by atoms with Crippen LogP contribution in [0.25, 0.3) is 5.65 Å². The molecular weight excluding hydrogens is 360 g/mol. The molecule has 4 fully saturated rings. The second kappa shape index (κ2) is 6.42. The van der Waals surface area contributed by atoms with Gasteiger partial charge in [-0.25, -0.2) is 4.98 Å². The number of benzene rings is 1. The molecule has 0 aliphatic carbocycles. The van der Waals surface area contributed by atoms with E-state index in [0.717, 1.165) is 12.2 Å². The molecule has 29 heavy (non-hydrogen) atoms. The van der Waals surface area contributed by atoms with Crippen LogP contribution in [0.1, 0.15) is 40.4 Å². The molecule has 6 heterocycles. The minimum atomic E-state index is 0.0899. The topological polar surface area (TPSA) is 40.9 Å². The average molecular weight is 386 g/mol. The summed E-state index contributed by atoms with van der Waals surface area (Å²) in [6.45, 7) is 5.26. The summed E-state index contributed by atoms with van der Waals surface area (Å²) in [5.41, 5.74) is 4.04. The van der Waals surface area contributed by atoms with Crippen LogP contribution >= 0.6 is 0 Å². The Kier molecular flexibility index (Phi) is 3.81. The minimum Gasteiger partial charge on any atom is -0.332 e. The monoisotopic (exact) mass is 386 g/mol. The van der Waals surface area contributed by atoms with Crippen LogP contribution in [0.2, 0.25) is 0 Å². The number of piperidine rings is 3. The number of nitrogens with zero attached hydrogens (tertiary/aromatic N) is 4. The van der Waals surface area contributed by atoms with Gasteiger partial charge in [-0.3, -0.25) is 9.69 Å².